The summed E-state index contributed by atoms with van der Waals surface area (Å²) in [4.78, 5) is 7.07. The SMILES string of the molecule is CCC(=NC(C)(C)C)[N-]CC(C)N(CC)CC.[Ni]. The van der Waals surface area contributed by atoms with E-state index in [1.807, 2.05) is 0 Å². The molecule has 0 fully saturated rings. The molecule has 18 heavy (non-hydrogen) atoms. The summed E-state index contributed by atoms with van der Waals surface area (Å²) in [7, 11) is 0. The first-order valence-electron chi connectivity index (χ1n) is 6.84. The number of likely N-dealkylation sites (N-methyl/N-ethyl adjacent to an activating group) is 1. The molecule has 112 valence electrons. The third kappa shape index (κ3) is 8.93. The van der Waals surface area contributed by atoms with Crippen molar-refractivity contribution in [3.63, 3.8) is 0 Å². The van der Waals surface area contributed by atoms with Crippen LogP contribution in [0.5, 0.6) is 0 Å². The van der Waals surface area contributed by atoms with Crippen LogP contribution < -0.4 is 0 Å². The summed E-state index contributed by atoms with van der Waals surface area (Å²) in [6, 6.07) is 0.502. The minimum atomic E-state index is -0.0206. The Labute approximate surface area is 124 Å². The maximum Gasteiger partial charge on any atom is 0.00597 e. The predicted octanol–water partition coefficient (Wildman–Crippen LogP) is 3.69. The maximum absolute atomic E-state index is 4.65. The molecule has 0 aromatic heterocycles. The van der Waals surface area contributed by atoms with Gasteiger partial charge in [-0.05, 0) is 38.5 Å². The fourth-order valence-electron chi connectivity index (χ4n) is 1.81. The zero-order valence-corrected chi connectivity index (χ0v) is 14.1. The Morgan fingerprint density at radius 1 is 1.17 bits per heavy atom. The van der Waals surface area contributed by atoms with Crippen LogP contribution >= 0.6 is 0 Å². The van der Waals surface area contributed by atoms with Crippen LogP contribution in [0, 0.1) is 0 Å². The first-order chi connectivity index (χ1) is 7.84. The van der Waals surface area contributed by atoms with E-state index in [0.29, 0.717) is 6.04 Å². The van der Waals surface area contributed by atoms with E-state index in [0.717, 1.165) is 31.9 Å². The molecule has 0 N–H and O–H groups in total. The van der Waals surface area contributed by atoms with E-state index in [9.17, 15) is 0 Å². The van der Waals surface area contributed by atoms with Crippen LogP contribution in [-0.4, -0.2) is 42.0 Å². The molecule has 0 spiro atoms. The van der Waals surface area contributed by atoms with E-state index < -0.39 is 0 Å². The van der Waals surface area contributed by atoms with Gasteiger partial charge in [-0.3, -0.25) is 0 Å². The smallest absolute Gasteiger partial charge is 0.00597 e. The molecule has 0 aliphatic rings. The van der Waals surface area contributed by atoms with Gasteiger partial charge in [0.1, 0.15) is 0 Å². The van der Waals surface area contributed by atoms with Gasteiger partial charge in [0, 0.05) is 22.5 Å². The number of aliphatic imine (C=N–C) groups is 1. The summed E-state index contributed by atoms with van der Waals surface area (Å²) < 4.78 is 0. The van der Waals surface area contributed by atoms with Crippen LogP contribution in [-0.2, 0) is 16.5 Å². The number of hydrogen-bond donors (Lipinski definition) is 0. The average molecular weight is 299 g/mol. The Hall–Kier alpha value is -0.0765. The van der Waals surface area contributed by atoms with E-state index in [-0.39, 0.29) is 22.0 Å². The maximum atomic E-state index is 4.65. The quantitative estimate of drug-likeness (QED) is 0.418. The largest absolute Gasteiger partial charge is 0.468 e. The minimum absolute atomic E-state index is 0. The molecule has 3 nitrogen and oxygen atoms in total. The van der Waals surface area contributed by atoms with Crippen molar-refractivity contribution in [1.82, 2.24) is 4.90 Å². The molecule has 0 heterocycles. The van der Waals surface area contributed by atoms with Crippen molar-refractivity contribution >= 4 is 5.84 Å². The van der Waals surface area contributed by atoms with Crippen molar-refractivity contribution in [3.8, 4) is 0 Å². The zero-order chi connectivity index (χ0) is 13.5. The molecule has 0 rings (SSSR count). The summed E-state index contributed by atoms with van der Waals surface area (Å²) in [5.74, 6) is 0.997. The van der Waals surface area contributed by atoms with Gasteiger partial charge in [0.25, 0.3) is 0 Å². The molecule has 0 aromatic carbocycles. The second-order valence-electron chi connectivity index (χ2n) is 5.46. The van der Waals surface area contributed by atoms with Gasteiger partial charge < -0.3 is 15.2 Å². The Balaban J connectivity index is 0. The standard InChI is InChI=1S/C14H30N3.Ni/c1-8-13(16-14(5,6)7)15-11-12(4)17(9-2)10-3;/h12H,8-11H2,1-7H3;/q-1;. The van der Waals surface area contributed by atoms with Crippen molar-refractivity contribution in [2.75, 3.05) is 19.6 Å². The zero-order valence-electron chi connectivity index (χ0n) is 13.1. The molecular formula is C14H30N3Ni-. The summed E-state index contributed by atoms with van der Waals surface area (Å²) in [6.07, 6.45) is 0.919. The molecule has 0 amide bonds. The Kier molecular flexibility index (Phi) is 11.0. The normalized spacial score (nSPS) is 14.3. The van der Waals surface area contributed by atoms with Gasteiger partial charge in [0.05, 0.1) is 0 Å². The summed E-state index contributed by atoms with van der Waals surface area (Å²) in [5.41, 5.74) is -0.0206. The van der Waals surface area contributed by atoms with Crippen LogP contribution in [0.3, 0.4) is 0 Å². The number of rotatable bonds is 6. The van der Waals surface area contributed by atoms with Crippen molar-refractivity contribution in [2.45, 2.75) is 66.5 Å². The molecule has 1 atom stereocenters. The van der Waals surface area contributed by atoms with Gasteiger partial charge in [-0.15, -0.1) is 0 Å². The van der Waals surface area contributed by atoms with Crippen LogP contribution in [0.1, 0.15) is 54.9 Å². The van der Waals surface area contributed by atoms with Gasteiger partial charge in [-0.25, -0.2) is 0 Å². The number of hydrogen-bond acceptors (Lipinski definition) is 2. The Morgan fingerprint density at radius 2 is 1.67 bits per heavy atom. The van der Waals surface area contributed by atoms with Gasteiger partial charge in [0.2, 0.25) is 0 Å². The van der Waals surface area contributed by atoms with Crippen molar-refractivity contribution in [3.05, 3.63) is 5.32 Å². The molecular weight excluding hydrogens is 269 g/mol. The molecule has 1 unspecified atom stereocenters. The molecule has 0 saturated carbocycles. The predicted molar refractivity (Wildman–Crippen MR) is 78.1 cm³/mol. The van der Waals surface area contributed by atoms with Crippen LogP contribution in [0.15, 0.2) is 4.99 Å². The average Bonchev–Trinajstić information content (AvgIpc) is 2.24. The van der Waals surface area contributed by atoms with E-state index in [4.69, 9.17) is 0 Å². The number of nitrogens with zero attached hydrogens (tertiary/aromatic N) is 3. The molecule has 0 aliphatic carbocycles. The minimum Gasteiger partial charge on any atom is -0.468 e. The van der Waals surface area contributed by atoms with Crippen molar-refractivity contribution < 1.29 is 16.5 Å². The van der Waals surface area contributed by atoms with E-state index in [1.165, 1.54) is 0 Å². The fourth-order valence-corrected chi connectivity index (χ4v) is 1.81. The van der Waals surface area contributed by atoms with Gasteiger partial charge in [0.15, 0.2) is 0 Å². The second kappa shape index (κ2) is 9.80. The van der Waals surface area contributed by atoms with Crippen LogP contribution in [0.4, 0.5) is 0 Å². The van der Waals surface area contributed by atoms with E-state index in [2.05, 4.69) is 63.7 Å². The third-order valence-corrected chi connectivity index (χ3v) is 2.75. The Bertz CT molecular complexity index is 230. The van der Waals surface area contributed by atoms with Crippen molar-refractivity contribution in [2.24, 2.45) is 4.99 Å². The molecule has 0 radical (unpaired) electrons. The molecule has 0 saturated heterocycles. The first kappa shape index (κ1) is 20.2. The van der Waals surface area contributed by atoms with Gasteiger partial charge >= 0.3 is 0 Å². The van der Waals surface area contributed by atoms with Crippen LogP contribution in [0.2, 0.25) is 0 Å². The first-order valence-corrected chi connectivity index (χ1v) is 6.84. The van der Waals surface area contributed by atoms with Crippen LogP contribution in [0.25, 0.3) is 5.32 Å². The molecule has 4 heteroatoms. The summed E-state index contributed by atoms with van der Waals surface area (Å²) in [5, 5.41) is 4.65. The topological polar surface area (TPSA) is 29.7 Å². The monoisotopic (exact) mass is 298 g/mol. The summed E-state index contributed by atoms with van der Waals surface area (Å²) in [6.45, 7) is 18.1. The summed E-state index contributed by atoms with van der Waals surface area (Å²) >= 11 is 0. The van der Waals surface area contributed by atoms with Gasteiger partial charge in [-0.1, -0.05) is 47.4 Å². The van der Waals surface area contributed by atoms with E-state index in [1.54, 1.807) is 0 Å². The van der Waals surface area contributed by atoms with E-state index >= 15 is 0 Å². The fraction of sp³-hybridized carbons (Fsp3) is 0.929. The molecule has 0 aromatic rings. The van der Waals surface area contributed by atoms with Crippen molar-refractivity contribution in [1.29, 1.82) is 0 Å². The number of amidine groups is 1. The Morgan fingerprint density at radius 3 is 2.00 bits per heavy atom. The second-order valence-corrected chi connectivity index (χ2v) is 5.46. The molecule has 0 bridgehead atoms. The third-order valence-electron chi connectivity index (χ3n) is 2.75. The van der Waals surface area contributed by atoms with Gasteiger partial charge in [-0.2, -0.15) is 0 Å². The molecule has 0 aliphatic heterocycles.